The van der Waals surface area contributed by atoms with Crippen molar-refractivity contribution in [3.63, 3.8) is 0 Å². The molecular weight excluding hydrogens is 464 g/mol. The molecule has 11 heteroatoms. The molecule has 174 valence electrons. The lowest BCUT2D eigenvalue weighted by Gasteiger charge is -2.39. The van der Waals surface area contributed by atoms with Crippen molar-refractivity contribution < 1.29 is 14.7 Å². The Bertz CT molecular complexity index is 1210. The zero-order valence-corrected chi connectivity index (χ0v) is 19.7. The van der Waals surface area contributed by atoms with E-state index in [0.717, 1.165) is 30.1 Å². The highest BCUT2D eigenvalue weighted by Gasteiger charge is 2.36. The molecule has 2 fully saturated rings. The number of imidazole rings is 1. The number of anilines is 1. The predicted octanol–water partition coefficient (Wildman–Crippen LogP) is 3.06. The van der Waals surface area contributed by atoms with Gasteiger partial charge in [0.05, 0.1) is 21.5 Å². The van der Waals surface area contributed by atoms with Crippen molar-refractivity contribution >= 4 is 50.2 Å². The van der Waals surface area contributed by atoms with Gasteiger partial charge in [0.25, 0.3) is 5.91 Å². The second-order valence-corrected chi connectivity index (χ2v) is 9.86. The van der Waals surface area contributed by atoms with Crippen LogP contribution in [0.1, 0.15) is 52.9 Å². The molecule has 1 aliphatic heterocycles. The predicted molar refractivity (Wildman–Crippen MR) is 128 cm³/mol. The number of benzene rings is 1. The van der Waals surface area contributed by atoms with E-state index in [9.17, 15) is 14.7 Å². The van der Waals surface area contributed by atoms with Crippen LogP contribution in [0, 0.1) is 0 Å². The average molecular weight is 489 g/mol. The summed E-state index contributed by atoms with van der Waals surface area (Å²) >= 11 is 7.51. The number of aryl methyl sites for hydroxylation is 1. The number of carbonyl (C=O) groups excluding carboxylic acids is 1. The number of rotatable bonds is 7. The van der Waals surface area contributed by atoms with Crippen molar-refractivity contribution in [3.05, 3.63) is 40.4 Å². The Morgan fingerprint density at radius 2 is 2.09 bits per heavy atom. The van der Waals surface area contributed by atoms with E-state index in [-0.39, 0.29) is 29.4 Å². The molecule has 1 aromatic carbocycles. The SMILES string of the molecule is CCc1[nH]c(C(=O)N[C@H]2CCN(c3nc4cccc(C(=O)O)c4s3)C[C@H]2NC2CC2)nc1Cl. The van der Waals surface area contributed by atoms with Crippen LogP contribution >= 0.6 is 22.9 Å². The van der Waals surface area contributed by atoms with Crippen LogP contribution < -0.4 is 15.5 Å². The van der Waals surface area contributed by atoms with Gasteiger partial charge in [0.2, 0.25) is 0 Å². The number of aromatic carboxylic acids is 1. The highest BCUT2D eigenvalue weighted by molar-refractivity contribution is 7.22. The molecule has 33 heavy (non-hydrogen) atoms. The van der Waals surface area contributed by atoms with Crippen molar-refractivity contribution in [2.45, 2.75) is 50.7 Å². The highest BCUT2D eigenvalue weighted by Crippen LogP contribution is 2.33. The van der Waals surface area contributed by atoms with Crippen molar-refractivity contribution in [3.8, 4) is 0 Å². The van der Waals surface area contributed by atoms with Crippen LogP contribution in [0.25, 0.3) is 10.2 Å². The summed E-state index contributed by atoms with van der Waals surface area (Å²) < 4.78 is 0.684. The first-order valence-corrected chi connectivity index (χ1v) is 12.3. The van der Waals surface area contributed by atoms with Crippen LogP contribution in [0.5, 0.6) is 0 Å². The molecule has 0 radical (unpaired) electrons. The summed E-state index contributed by atoms with van der Waals surface area (Å²) in [6.07, 6.45) is 3.67. The molecule has 2 aliphatic rings. The van der Waals surface area contributed by atoms with E-state index in [1.807, 2.05) is 13.0 Å². The van der Waals surface area contributed by atoms with Crippen LogP contribution in [0.2, 0.25) is 5.15 Å². The lowest BCUT2D eigenvalue weighted by atomic mass is 9.99. The Hall–Kier alpha value is -2.69. The van der Waals surface area contributed by atoms with E-state index in [4.69, 9.17) is 16.6 Å². The van der Waals surface area contributed by atoms with Crippen LogP contribution in [-0.2, 0) is 6.42 Å². The highest BCUT2D eigenvalue weighted by atomic mass is 35.5. The van der Waals surface area contributed by atoms with Gasteiger partial charge in [-0.2, -0.15) is 0 Å². The van der Waals surface area contributed by atoms with Crippen LogP contribution in [0.15, 0.2) is 18.2 Å². The summed E-state index contributed by atoms with van der Waals surface area (Å²) in [5.41, 5.74) is 1.72. The third kappa shape index (κ3) is 4.55. The molecular formula is C22H25ClN6O3S. The number of halogens is 1. The fraction of sp³-hybridized carbons (Fsp3) is 0.455. The van der Waals surface area contributed by atoms with Gasteiger partial charge in [0.15, 0.2) is 16.1 Å². The maximum absolute atomic E-state index is 12.8. The van der Waals surface area contributed by atoms with Gasteiger partial charge in [-0.15, -0.1) is 0 Å². The van der Waals surface area contributed by atoms with Gasteiger partial charge >= 0.3 is 5.97 Å². The Balaban J connectivity index is 1.34. The molecule has 1 aliphatic carbocycles. The van der Waals surface area contributed by atoms with Crippen molar-refractivity contribution in [2.24, 2.45) is 0 Å². The molecule has 0 bridgehead atoms. The number of fused-ring (bicyclic) bond motifs is 1. The minimum Gasteiger partial charge on any atom is -0.478 e. The maximum atomic E-state index is 12.8. The first-order chi connectivity index (χ1) is 15.9. The first-order valence-electron chi connectivity index (χ1n) is 11.1. The molecule has 1 saturated carbocycles. The van der Waals surface area contributed by atoms with Crippen molar-refractivity contribution in [2.75, 3.05) is 18.0 Å². The van der Waals surface area contributed by atoms with E-state index in [0.29, 0.717) is 40.9 Å². The number of amides is 1. The summed E-state index contributed by atoms with van der Waals surface area (Å²) in [5, 5.41) is 17.4. The number of thiazole rings is 1. The fourth-order valence-corrected chi connectivity index (χ4v) is 5.60. The Kier molecular flexibility index (Phi) is 5.98. The fourth-order valence-electron chi connectivity index (χ4n) is 4.23. The summed E-state index contributed by atoms with van der Waals surface area (Å²) in [5.74, 6) is -0.977. The normalized spacial score (nSPS) is 20.8. The lowest BCUT2D eigenvalue weighted by molar-refractivity contribution is 0.0699. The van der Waals surface area contributed by atoms with Crippen LogP contribution in [0.4, 0.5) is 5.13 Å². The van der Waals surface area contributed by atoms with Gasteiger partial charge in [-0.25, -0.2) is 14.8 Å². The van der Waals surface area contributed by atoms with Crippen LogP contribution in [-0.4, -0.2) is 63.1 Å². The average Bonchev–Trinajstić information content (AvgIpc) is 3.36. The zero-order chi connectivity index (χ0) is 23.1. The molecule has 3 heterocycles. The number of nitrogens with one attached hydrogen (secondary N) is 3. The number of carbonyl (C=O) groups is 2. The molecule has 0 spiro atoms. The summed E-state index contributed by atoms with van der Waals surface area (Å²) in [6.45, 7) is 3.33. The number of hydrogen-bond acceptors (Lipinski definition) is 7. The van der Waals surface area contributed by atoms with E-state index < -0.39 is 5.97 Å². The molecule has 5 rings (SSSR count). The quantitative estimate of drug-likeness (QED) is 0.403. The molecule has 1 saturated heterocycles. The van der Waals surface area contributed by atoms with Crippen molar-refractivity contribution in [1.82, 2.24) is 25.6 Å². The van der Waals surface area contributed by atoms with Gasteiger partial charge in [0.1, 0.15) is 0 Å². The second-order valence-electron chi connectivity index (χ2n) is 8.53. The van der Waals surface area contributed by atoms with E-state index in [1.54, 1.807) is 12.1 Å². The number of aromatic amines is 1. The summed E-state index contributed by atoms with van der Waals surface area (Å²) in [6, 6.07) is 5.61. The summed E-state index contributed by atoms with van der Waals surface area (Å²) in [7, 11) is 0. The number of H-pyrrole nitrogens is 1. The molecule has 0 unspecified atom stereocenters. The molecule has 2 aromatic heterocycles. The van der Waals surface area contributed by atoms with Gasteiger partial charge in [0, 0.05) is 31.2 Å². The van der Waals surface area contributed by atoms with E-state index in [2.05, 4.69) is 25.5 Å². The Morgan fingerprint density at radius 1 is 1.27 bits per heavy atom. The number of carboxylic acids is 1. The topological polar surface area (TPSA) is 123 Å². The molecule has 4 N–H and O–H groups in total. The molecule has 3 aromatic rings. The molecule has 1 amide bonds. The number of carboxylic acid groups (broad SMARTS) is 1. The number of nitrogens with zero attached hydrogens (tertiary/aromatic N) is 3. The summed E-state index contributed by atoms with van der Waals surface area (Å²) in [4.78, 5) is 38.5. The lowest BCUT2D eigenvalue weighted by Crippen LogP contribution is -2.60. The number of piperidine rings is 1. The zero-order valence-electron chi connectivity index (χ0n) is 18.1. The number of aromatic nitrogens is 3. The third-order valence-corrected chi connectivity index (χ3v) is 7.64. The van der Waals surface area contributed by atoms with Gasteiger partial charge in [-0.3, -0.25) is 4.79 Å². The second kappa shape index (κ2) is 8.92. The molecule has 9 nitrogen and oxygen atoms in total. The number of hydrogen-bond donors (Lipinski definition) is 4. The largest absolute Gasteiger partial charge is 0.478 e. The first kappa shape index (κ1) is 22.1. The smallest absolute Gasteiger partial charge is 0.337 e. The van der Waals surface area contributed by atoms with E-state index in [1.165, 1.54) is 11.3 Å². The Morgan fingerprint density at radius 3 is 2.79 bits per heavy atom. The van der Waals surface area contributed by atoms with E-state index >= 15 is 0 Å². The molecule has 2 atom stereocenters. The van der Waals surface area contributed by atoms with Gasteiger partial charge in [-0.1, -0.05) is 35.9 Å². The van der Waals surface area contributed by atoms with Crippen LogP contribution in [0.3, 0.4) is 0 Å². The van der Waals surface area contributed by atoms with Crippen molar-refractivity contribution in [1.29, 1.82) is 0 Å². The minimum atomic E-state index is -0.949. The third-order valence-electron chi connectivity index (χ3n) is 6.16. The Labute approximate surface area is 199 Å². The monoisotopic (exact) mass is 488 g/mol. The minimum absolute atomic E-state index is 0.0391. The van der Waals surface area contributed by atoms with Gasteiger partial charge < -0.3 is 25.6 Å². The standard InChI is InChI=1S/C22H25ClN6O3S/c1-2-13-18(23)28-19(25-13)20(30)26-14-8-9-29(10-16(14)24-11-6-7-11)22-27-15-5-3-4-12(21(31)32)17(15)33-22/h3-5,11,14,16,24H,2,6-10H2,1H3,(H,25,28)(H,26,30)(H,31,32)/t14-,16+/m0/s1. The maximum Gasteiger partial charge on any atom is 0.337 e. The van der Waals surface area contributed by atoms with Gasteiger partial charge in [-0.05, 0) is 37.8 Å².